The van der Waals surface area contributed by atoms with Crippen LogP contribution >= 0.6 is 0 Å². The molecule has 0 heterocycles. The van der Waals surface area contributed by atoms with E-state index in [1.54, 1.807) is 12.1 Å². The number of methoxy groups -OCH3 is 1. The highest BCUT2D eigenvalue weighted by Gasteiger charge is 2.19. The molecule has 2 aromatic rings. The molecule has 0 saturated carbocycles. The lowest BCUT2D eigenvalue weighted by Crippen LogP contribution is -2.29. The number of anilines is 2. The normalized spacial score (nSPS) is 10.1. The quantitative estimate of drug-likeness (QED) is 0.674. The average Bonchev–Trinajstić information content (AvgIpc) is 2.56. The molecule has 0 aliphatic rings. The first-order chi connectivity index (χ1) is 10.9. The number of hydrogen-bond acceptors (Lipinski definition) is 3. The summed E-state index contributed by atoms with van der Waals surface area (Å²) in [6.07, 6.45) is 0. The number of amides is 2. The summed E-state index contributed by atoms with van der Waals surface area (Å²) >= 11 is 0. The molecule has 0 radical (unpaired) electrons. The first-order valence-electron chi connectivity index (χ1n) is 6.32. The Hall–Kier alpha value is -3.03. The third-order valence-corrected chi connectivity index (χ3v) is 2.84. The third-order valence-electron chi connectivity index (χ3n) is 2.84. The average molecular weight is 324 g/mol. The lowest BCUT2D eigenvalue weighted by atomic mass is 10.2. The SMILES string of the molecule is COc1ccc(NC(=O)C(=O)Nc2ccc(F)c(F)c2F)cc1. The summed E-state index contributed by atoms with van der Waals surface area (Å²) in [5.74, 6) is -6.50. The van der Waals surface area contributed by atoms with Gasteiger partial charge < -0.3 is 15.4 Å². The highest BCUT2D eigenvalue weighted by molar-refractivity contribution is 6.43. The largest absolute Gasteiger partial charge is 0.497 e. The highest BCUT2D eigenvalue weighted by Crippen LogP contribution is 2.20. The second kappa shape index (κ2) is 6.82. The van der Waals surface area contributed by atoms with Gasteiger partial charge in [-0.1, -0.05) is 0 Å². The molecule has 0 bridgehead atoms. The molecule has 0 aromatic heterocycles. The van der Waals surface area contributed by atoms with E-state index in [0.717, 1.165) is 6.07 Å². The van der Waals surface area contributed by atoms with Crippen LogP contribution in [0.15, 0.2) is 36.4 Å². The predicted octanol–water partition coefficient (Wildman–Crippen LogP) is 2.69. The molecule has 5 nitrogen and oxygen atoms in total. The van der Waals surface area contributed by atoms with Gasteiger partial charge in [0.15, 0.2) is 17.5 Å². The van der Waals surface area contributed by atoms with Gasteiger partial charge in [0, 0.05) is 5.69 Å². The second-order valence-corrected chi connectivity index (χ2v) is 4.36. The van der Waals surface area contributed by atoms with E-state index in [1.165, 1.54) is 19.2 Å². The van der Waals surface area contributed by atoms with Gasteiger partial charge in [0.1, 0.15) is 5.75 Å². The van der Waals surface area contributed by atoms with Crippen molar-refractivity contribution in [3.63, 3.8) is 0 Å². The van der Waals surface area contributed by atoms with Crippen molar-refractivity contribution in [3.05, 3.63) is 53.8 Å². The molecular formula is C15H11F3N2O3. The van der Waals surface area contributed by atoms with Crippen LogP contribution in [0, 0.1) is 17.5 Å². The summed E-state index contributed by atoms with van der Waals surface area (Å²) in [7, 11) is 1.47. The summed E-state index contributed by atoms with van der Waals surface area (Å²) in [5.41, 5.74) is -0.338. The molecule has 0 aliphatic heterocycles. The number of carbonyl (C=O) groups is 2. The van der Waals surface area contributed by atoms with Crippen molar-refractivity contribution < 1.29 is 27.5 Å². The van der Waals surface area contributed by atoms with Crippen molar-refractivity contribution in [1.29, 1.82) is 0 Å². The van der Waals surface area contributed by atoms with E-state index in [1.807, 2.05) is 5.32 Å². The fourth-order valence-corrected chi connectivity index (χ4v) is 1.66. The Morgan fingerprint density at radius 2 is 1.48 bits per heavy atom. The number of carbonyl (C=O) groups excluding carboxylic acids is 2. The summed E-state index contributed by atoms with van der Waals surface area (Å²) in [5, 5.41) is 4.13. The zero-order chi connectivity index (χ0) is 17.0. The van der Waals surface area contributed by atoms with E-state index >= 15 is 0 Å². The number of halogens is 3. The van der Waals surface area contributed by atoms with Gasteiger partial charge >= 0.3 is 11.8 Å². The molecule has 0 unspecified atom stereocenters. The van der Waals surface area contributed by atoms with Crippen LogP contribution < -0.4 is 15.4 Å². The summed E-state index contributed by atoms with van der Waals surface area (Å²) < 4.78 is 44.2. The number of benzene rings is 2. The maximum absolute atomic E-state index is 13.4. The van der Waals surface area contributed by atoms with Crippen LogP contribution in [0.2, 0.25) is 0 Å². The fourth-order valence-electron chi connectivity index (χ4n) is 1.66. The molecule has 2 rings (SSSR count). The Bertz CT molecular complexity index is 748. The number of rotatable bonds is 3. The number of ether oxygens (including phenoxy) is 1. The molecule has 2 amide bonds. The minimum absolute atomic E-state index is 0.303. The van der Waals surface area contributed by atoms with Gasteiger partial charge in [-0.05, 0) is 36.4 Å². The van der Waals surface area contributed by atoms with Crippen molar-refractivity contribution in [3.8, 4) is 5.75 Å². The molecule has 0 fully saturated rings. The predicted molar refractivity (Wildman–Crippen MR) is 76.6 cm³/mol. The molecule has 0 spiro atoms. The summed E-state index contributed by atoms with van der Waals surface area (Å²) in [6.45, 7) is 0. The van der Waals surface area contributed by atoms with Crippen molar-refractivity contribution in [2.24, 2.45) is 0 Å². The Morgan fingerprint density at radius 3 is 2.09 bits per heavy atom. The van der Waals surface area contributed by atoms with Crippen molar-refractivity contribution in [2.75, 3.05) is 17.7 Å². The Kier molecular flexibility index (Phi) is 4.85. The van der Waals surface area contributed by atoms with Crippen LogP contribution in [0.4, 0.5) is 24.5 Å². The van der Waals surface area contributed by atoms with Crippen LogP contribution in [-0.4, -0.2) is 18.9 Å². The van der Waals surface area contributed by atoms with Crippen LogP contribution in [0.25, 0.3) is 0 Å². The lowest BCUT2D eigenvalue weighted by Gasteiger charge is -2.08. The first-order valence-corrected chi connectivity index (χ1v) is 6.32. The topological polar surface area (TPSA) is 67.4 Å². The first kappa shape index (κ1) is 16.3. The van der Waals surface area contributed by atoms with E-state index in [0.29, 0.717) is 17.5 Å². The molecule has 0 aliphatic carbocycles. The van der Waals surface area contributed by atoms with Gasteiger partial charge in [-0.2, -0.15) is 0 Å². The minimum Gasteiger partial charge on any atom is -0.497 e. The van der Waals surface area contributed by atoms with Crippen molar-refractivity contribution in [1.82, 2.24) is 0 Å². The van der Waals surface area contributed by atoms with Crippen LogP contribution in [0.5, 0.6) is 5.75 Å². The molecule has 2 aromatic carbocycles. The highest BCUT2D eigenvalue weighted by atomic mass is 19.2. The van der Waals surface area contributed by atoms with Crippen LogP contribution in [0.3, 0.4) is 0 Å². The Morgan fingerprint density at radius 1 is 0.870 bits per heavy atom. The fraction of sp³-hybridized carbons (Fsp3) is 0.0667. The number of hydrogen-bond donors (Lipinski definition) is 2. The summed E-state index contributed by atoms with van der Waals surface area (Å²) in [4.78, 5) is 23.3. The Labute approximate surface area is 129 Å². The third kappa shape index (κ3) is 3.79. The molecule has 2 N–H and O–H groups in total. The molecule has 120 valence electrons. The van der Waals surface area contributed by atoms with Gasteiger partial charge in [0.05, 0.1) is 12.8 Å². The maximum atomic E-state index is 13.4. The minimum atomic E-state index is -1.74. The molecule has 23 heavy (non-hydrogen) atoms. The van der Waals surface area contributed by atoms with Crippen LogP contribution in [0.1, 0.15) is 0 Å². The van der Waals surface area contributed by atoms with Gasteiger partial charge in [0.25, 0.3) is 0 Å². The molecular weight excluding hydrogens is 313 g/mol. The molecule has 0 saturated heterocycles. The molecule has 8 heteroatoms. The van der Waals surface area contributed by atoms with Gasteiger partial charge in [-0.25, -0.2) is 13.2 Å². The van der Waals surface area contributed by atoms with Gasteiger partial charge in [0.2, 0.25) is 0 Å². The van der Waals surface area contributed by atoms with Crippen molar-refractivity contribution >= 4 is 23.2 Å². The lowest BCUT2D eigenvalue weighted by molar-refractivity contribution is -0.133. The van der Waals surface area contributed by atoms with Crippen molar-refractivity contribution in [2.45, 2.75) is 0 Å². The van der Waals surface area contributed by atoms with Gasteiger partial charge in [-0.3, -0.25) is 9.59 Å². The zero-order valence-corrected chi connectivity index (χ0v) is 11.8. The summed E-state index contributed by atoms with van der Waals surface area (Å²) in [6, 6.07) is 7.54. The second-order valence-electron chi connectivity index (χ2n) is 4.36. The van der Waals surface area contributed by atoms with E-state index in [-0.39, 0.29) is 0 Å². The monoisotopic (exact) mass is 324 g/mol. The Balaban J connectivity index is 2.05. The standard InChI is InChI=1S/C15H11F3N2O3/c1-23-9-4-2-8(3-5-9)19-14(21)15(22)20-11-7-6-10(16)12(17)13(11)18/h2-7H,1H3,(H,19,21)(H,20,22). The van der Waals surface area contributed by atoms with E-state index < -0.39 is 35.0 Å². The zero-order valence-electron chi connectivity index (χ0n) is 11.8. The van der Waals surface area contributed by atoms with E-state index in [2.05, 4.69) is 5.32 Å². The van der Waals surface area contributed by atoms with E-state index in [9.17, 15) is 22.8 Å². The maximum Gasteiger partial charge on any atom is 0.314 e. The smallest absolute Gasteiger partial charge is 0.314 e. The van der Waals surface area contributed by atoms with Gasteiger partial charge in [-0.15, -0.1) is 0 Å². The number of nitrogens with one attached hydrogen (secondary N) is 2. The molecule has 0 atom stereocenters. The van der Waals surface area contributed by atoms with Crippen LogP contribution in [-0.2, 0) is 9.59 Å². The van der Waals surface area contributed by atoms with E-state index in [4.69, 9.17) is 4.74 Å².